The maximum absolute atomic E-state index is 13.0. The van der Waals surface area contributed by atoms with E-state index in [1.54, 1.807) is 14.0 Å². The Kier molecular flexibility index (Phi) is 7.40. The third-order valence-corrected chi connectivity index (χ3v) is 5.56. The summed E-state index contributed by atoms with van der Waals surface area (Å²) in [6.45, 7) is 6.24. The van der Waals surface area contributed by atoms with Crippen molar-refractivity contribution in [1.29, 1.82) is 0 Å². The molecule has 9 heteroatoms. The fourth-order valence-electron chi connectivity index (χ4n) is 4.30. The van der Waals surface area contributed by atoms with Crippen LogP contribution in [0, 0.1) is 5.92 Å². The molecule has 0 saturated carbocycles. The number of ether oxygens (including phenoxy) is 5. The summed E-state index contributed by atoms with van der Waals surface area (Å²) in [7, 11) is 1.59. The van der Waals surface area contributed by atoms with E-state index in [4.69, 9.17) is 23.7 Å². The van der Waals surface area contributed by atoms with Crippen molar-refractivity contribution in [2.24, 2.45) is 5.92 Å². The van der Waals surface area contributed by atoms with Crippen molar-refractivity contribution in [1.82, 2.24) is 0 Å². The van der Waals surface area contributed by atoms with Crippen LogP contribution < -0.4 is 9.64 Å². The molecule has 2 unspecified atom stereocenters. The number of rotatable bonds is 7. The number of carbonyl (C=O) groups excluding carboxylic acids is 3. The minimum atomic E-state index is -0.796. The number of anilines is 1. The summed E-state index contributed by atoms with van der Waals surface area (Å²) in [5, 5.41) is 0. The van der Waals surface area contributed by atoms with Gasteiger partial charge in [0.05, 0.1) is 19.3 Å². The first kappa shape index (κ1) is 23.6. The highest BCUT2D eigenvalue weighted by atomic mass is 16.6. The van der Waals surface area contributed by atoms with Crippen LogP contribution in [-0.4, -0.2) is 56.7 Å². The molecule has 3 rings (SSSR count). The van der Waals surface area contributed by atoms with E-state index in [0.717, 1.165) is 5.69 Å². The summed E-state index contributed by atoms with van der Waals surface area (Å²) in [5.41, 5.74) is 1.87. The van der Waals surface area contributed by atoms with Crippen LogP contribution in [0.4, 0.5) is 5.69 Å². The predicted octanol–water partition coefficient (Wildman–Crippen LogP) is 2.58. The zero-order valence-electron chi connectivity index (χ0n) is 19.0. The summed E-state index contributed by atoms with van der Waals surface area (Å²) < 4.78 is 27.6. The second-order valence-electron chi connectivity index (χ2n) is 7.64. The predicted molar refractivity (Wildman–Crippen MR) is 114 cm³/mol. The minimum Gasteiger partial charge on any atom is -0.497 e. The van der Waals surface area contributed by atoms with Crippen molar-refractivity contribution in [2.75, 3.05) is 25.2 Å². The largest absolute Gasteiger partial charge is 0.497 e. The number of benzene rings is 1. The van der Waals surface area contributed by atoms with Crippen molar-refractivity contribution < 1.29 is 38.1 Å². The minimum absolute atomic E-state index is 0.105. The number of nitrogens with zero attached hydrogens (tertiary/aromatic N) is 1. The van der Waals surface area contributed by atoms with Gasteiger partial charge in [0.1, 0.15) is 30.8 Å². The lowest BCUT2D eigenvalue weighted by Crippen LogP contribution is -2.58. The third-order valence-electron chi connectivity index (χ3n) is 5.56. The zero-order chi connectivity index (χ0) is 23.4. The highest BCUT2D eigenvalue weighted by Crippen LogP contribution is 2.44. The van der Waals surface area contributed by atoms with Crippen LogP contribution in [0.5, 0.6) is 5.75 Å². The van der Waals surface area contributed by atoms with Crippen molar-refractivity contribution in [3.8, 4) is 5.75 Å². The fraction of sp³-hybridized carbons (Fsp3) is 0.522. The normalized spacial score (nSPS) is 24.6. The molecular formula is C23H29NO8. The maximum atomic E-state index is 13.0. The molecule has 0 radical (unpaired) electrons. The molecule has 1 aromatic carbocycles. The molecule has 0 N–H and O–H groups in total. The van der Waals surface area contributed by atoms with Gasteiger partial charge in [-0.15, -0.1) is 0 Å². The summed E-state index contributed by atoms with van der Waals surface area (Å²) in [6, 6.07) is 7.38. The first-order chi connectivity index (χ1) is 15.3. The molecule has 2 aliphatic rings. The number of esters is 3. The Balaban J connectivity index is 2.07. The van der Waals surface area contributed by atoms with Gasteiger partial charge in [-0.3, -0.25) is 9.59 Å². The summed E-state index contributed by atoms with van der Waals surface area (Å²) in [4.78, 5) is 38.2. The molecular weight excluding hydrogens is 418 g/mol. The number of methoxy groups -OCH3 is 1. The number of hydrogen-bond acceptors (Lipinski definition) is 9. The van der Waals surface area contributed by atoms with Crippen LogP contribution in [0.2, 0.25) is 0 Å². The molecule has 32 heavy (non-hydrogen) atoms. The molecule has 4 atom stereocenters. The highest BCUT2D eigenvalue weighted by Gasteiger charge is 2.51. The molecule has 1 saturated heterocycles. The SMILES string of the molecule is CCOC(=O)C1=C(C)N(c2ccc(OC)cc2)C2CC1[C@H](OC(C)=O)[C@@H](COC(C)=O)O2. The highest BCUT2D eigenvalue weighted by molar-refractivity contribution is 5.91. The molecule has 0 aliphatic carbocycles. The van der Waals surface area contributed by atoms with Gasteiger partial charge in [-0.2, -0.15) is 0 Å². The van der Waals surface area contributed by atoms with E-state index in [-0.39, 0.29) is 13.2 Å². The monoisotopic (exact) mass is 447 g/mol. The molecule has 2 heterocycles. The average molecular weight is 447 g/mol. The summed E-state index contributed by atoms with van der Waals surface area (Å²) >= 11 is 0. The molecule has 1 aromatic rings. The molecule has 9 nitrogen and oxygen atoms in total. The van der Waals surface area contributed by atoms with Crippen LogP contribution in [0.15, 0.2) is 35.5 Å². The quantitative estimate of drug-likeness (QED) is 0.461. The van der Waals surface area contributed by atoms with E-state index in [1.165, 1.54) is 13.8 Å². The molecule has 174 valence electrons. The molecule has 0 amide bonds. The van der Waals surface area contributed by atoms with Crippen molar-refractivity contribution >= 4 is 23.6 Å². The average Bonchev–Trinajstić information content (AvgIpc) is 2.74. The smallest absolute Gasteiger partial charge is 0.336 e. The summed E-state index contributed by atoms with van der Waals surface area (Å²) in [5.74, 6) is -1.23. The van der Waals surface area contributed by atoms with Gasteiger partial charge in [0.25, 0.3) is 0 Å². The molecule has 2 aliphatic heterocycles. The molecule has 1 fully saturated rings. The summed E-state index contributed by atoms with van der Waals surface area (Å²) in [6.07, 6.45) is -1.61. The zero-order valence-corrected chi connectivity index (χ0v) is 19.0. The Labute approximate surface area is 187 Å². The Morgan fingerprint density at radius 3 is 2.34 bits per heavy atom. The topological polar surface area (TPSA) is 101 Å². The van der Waals surface area contributed by atoms with E-state index in [0.29, 0.717) is 23.4 Å². The maximum Gasteiger partial charge on any atom is 0.336 e. The lowest BCUT2D eigenvalue weighted by Gasteiger charge is -2.50. The second-order valence-corrected chi connectivity index (χ2v) is 7.64. The molecule has 0 spiro atoms. The van der Waals surface area contributed by atoms with Crippen LogP contribution in [0.3, 0.4) is 0 Å². The van der Waals surface area contributed by atoms with Gasteiger partial charge < -0.3 is 28.6 Å². The van der Waals surface area contributed by atoms with E-state index < -0.39 is 42.3 Å². The van der Waals surface area contributed by atoms with Crippen LogP contribution >= 0.6 is 0 Å². The van der Waals surface area contributed by atoms with Gasteiger partial charge in [-0.05, 0) is 38.1 Å². The van der Waals surface area contributed by atoms with Gasteiger partial charge in [0, 0.05) is 37.6 Å². The van der Waals surface area contributed by atoms with E-state index >= 15 is 0 Å². The molecule has 0 aromatic heterocycles. The van der Waals surface area contributed by atoms with Gasteiger partial charge in [-0.1, -0.05) is 0 Å². The van der Waals surface area contributed by atoms with Crippen molar-refractivity contribution in [3.05, 3.63) is 35.5 Å². The Bertz CT molecular complexity index is 894. The van der Waals surface area contributed by atoms with Gasteiger partial charge in [-0.25, -0.2) is 4.79 Å². The third kappa shape index (κ3) is 4.88. The number of fused-ring (bicyclic) bond motifs is 2. The van der Waals surface area contributed by atoms with Crippen LogP contribution in [-0.2, 0) is 33.3 Å². The van der Waals surface area contributed by atoms with E-state index in [1.807, 2.05) is 36.1 Å². The van der Waals surface area contributed by atoms with Gasteiger partial charge in [0.2, 0.25) is 0 Å². The van der Waals surface area contributed by atoms with E-state index in [2.05, 4.69) is 0 Å². The standard InChI is InChI=1S/C23H29NO8/c1-6-29-23(27)21-13(2)24(16-7-9-17(28-5)10-8-16)20-11-18(21)22(31-15(4)26)19(32-20)12-30-14(3)25/h7-10,18-20,22H,6,11-12H2,1-5H3/t18?,19-,20?,22+/m1/s1. The lowest BCUT2D eigenvalue weighted by molar-refractivity contribution is -0.193. The first-order valence-corrected chi connectivity index (χ1v) is 10.5. The Morgan fingerprint density at radius 1 is 1.09 bits per heavy atom. The Morgan fingerprint density at radius 2 is 1.78 bits per heavy atom. The Hall–Kier alpha value is -3.07. The second kappa shape index (κ2) is 10.0. The lowest BCUT2D eigenvalue weighted by atomic mass is 9.80. The van der Waals surface area contributed by atoms with Crippen molar-refractivity contribution in [2.45, 2.75) is 52.6 Å². The van der Waals surface area contributed by atoms with Crippen molar-refractivity contribution in [3.63, 3.8) is 0 Å². The number of carbonyl (C=O) groups is 3. The fourth-order valence-corrected chi connectivity index (χ4v) is 4.30. The van der Waals surface area contributed by atoms with Crippen LogP contribution in [0.25, 0.3) is 0 Å². The first-order valence-electron chi connectivity index (χ1n) is 10.5. The van der Waals surface area contributed by atoms with Gasteiger partial charge >= 0.3 is 17.9 Å². The van der Waals surface area contributed by atoms with E-state index in [9.17, 15) is 14.4 Å². The van der Waals surface area contributed by atoms with Gasteiger partial charge in [0.15, 0.2) is 0 Å². The number of allylic oxidation sites excluding steroid dienone is 1. The number of hydrogen-bond donors (Lipinski definition) is 0. The molecule has 2 bridgehead atoms. The van der Waals surface area contributed by atoms with Crippen LogP contribution in [0.1, 0.15) is 34.1 Å².